The van der Waals surface area contributed by atoms with E-state index in [-0.39, 0.29) is 5.56 Å². The zero-order chi connectivity index (χ0) is 10.6. The second-order valence-electron chi connectivity index (χ2n) is 2.67. The highest BCUT2D eigenvalue weighted by molar-refractivity contribution is 5.82. The summed E-state index contributed by atoms with van der Waals surface area (Å²) in [7, 11) is 0. The monoisotopic (exact) mass is 191 g/mol. The molecule has 1 aromatic heterocycles. The van der Waals surface area contributed by atoms with E-state index < -0.39 is 11.9 Å². The van der Waals surface area contributed by atoms with Gasteiger partial charge >= 0.3 is 0 Å². The molecule has 1 heterocycles. The number of aromatic nitrogens is 2. The van der Waals surface area contributed by atoms with Gasteiger partial charge in [-0.05, 0) is 6.92 Å². The molecule has 1 aromatic rings. The Labute approximate surface area is 80.8 Å². The second-order valence-corrected chi connectivity index (χ2v) is 2.67. The van der Waals surface area contributed by atoms with E-state index in [1.165, 1.54) is 12.5 Å². The average molecular weight is 191 g/mol. The lowest BCUT2D eigenvalue weighted by molar-refractivity contribution is -0.118. The first-order valence-electron chi connectivity index (χ1n) is 3.91. The highest BCUT2D eigenvalue weighted by atomic mass is 16.1. The van der Waals surface area contributed by atoms with Crippen LogP contribution in [0.4, 0.5) is 5.82 Å². The molecule has 0 saturated carbocycles. The molecule has 1 rings (SSSR count). The maximum Gasteiger partial charge on any atom is 0.239 e. The van der Waals surface area contributed by atoms with Gasteiger partial charge in [-0.15, -0.1) is 0 Å². The van der Waals surface area contributed by atoms with E-state index in [1.807, 2.05) is 6.07 Å². The number of hydrogen-bond donors (Lipinski definition) is 2. The number of hydrogen-bond acceptors (Lipinski definition) is 5. The van der Waals surface area contributed by atoms with Gasteiger partial charge in [-0.2, -0.15) is 5.26 Å². The van der Waals surface area contributed by atoms with E-state index >= 15 is 0 Å². The third-order valence-corrected chi connectivity index (χ3v) is 1.61. The number of carbonyl (C=O) groups is 1. The summed E-state index contributed by atoms with van der Waals surface area (Å²) >= 11 is 0. The highest BCUT2D eigenvalue weighted by Crippen LogP contribution is 2.08. The minimum Gasteiger partial charge on any atom is -0.368 e. The minimum atomic E-state index is -0.572. The van der Waals surface area contributed by atoms with Crippen molar-refractivity contribution in [3.8, 4) is 6.07 Å². The summed E-state index contributed by atoms with van der Waals surface area (Å²) in [5.74, 6) is -0.193. The largest absolute Gasteiger partial charge is 0.368 e. The molecule has 1 unspecified atom stereocenters. The van der Waals surface area contributed by atoms with Crippen LogP contribution in [-0.2, 0) is 4.79 Å². The van der Waals surface area contributed by atoms with Crippen LogP contribution in [0.2, 0.25) is 0 Å². The van der Waals surface area contributed by atoms with Crippen LogP contribution in [0.1, 0.15) is 12.5 Å². The molecule has 0 aliphatic carbocycles. The van der Waals surface area contributed by atoms with Crippen molar-refractivity contribution < 1.29 is 4.79 Å². The maximum absolute atomic E-state index is 10.7. The maximum atomic E-state index is 10.7. The number of primary amides is 1. The van der Waals surface area contributed by atoms with E-state index in [9.17, 15) is 4.79 Å². The predicted molar refractivity (Wildman–Crippen MR) is 49.0 cm³/mol. The number of anilines is 1. The summed E-state index contributed by atoms with van der Waals surface area (Å²) in [6.45, 7) is 1.59. The van der Waals surface area contributed by atoms with Crippen LogP contribution in [0.15, 0.2) is 12.5 Å². The van der Waals surface area contributed by atoms with E-state index in [2.05, 4.69) is 15.3 Å². The first-order chi connectivity index (χ1) is 6.65. The molecule has 0 aliphatic rings. The van der Waals surface area contributed by atoms with Crippen LogP contribution in [0.3, 0.4) is 0 Å². The Hall–Kier alpha value is -2.16. The average Bonchev–Trinajstić information content (AvgIpc) is 2.18. The molecule has 1 atom stereocenters. The van der Waals surface area contributed by atoms with Crippen LogP contribution >= 0.6 is 0 Å². The first kappa shape index (κ1) is 9.92. The fraction of sp³-hybridized carbons (Fsp3) is 0.250. The molecule has 0 radical (unpaired) electrons. The Bertz CT molecular complexity index is 384. The first-order valence-corrected chi connectivity index (χ1v) is 3.91. The van der Waals surface area contributed by atoms with Gasteiger partial charge in [0.25, 0.3) is 0 Å². The molecule has 1 amide bonds. The minimum absolute atomic E-state index is 0.278. The lowest BCUT2D eigenvalue weighted by atomic mass is 10.3. The Kier molecular flexibility index (Phi) is 2.97. The molecule has 6 nitrogen and oxygen atoms in total. The van der Waals surface area contributed by atoms with Crippen LogP contribution in [0.25, 0.3) is 0 Å². The molecular formula is C8H9N5O. The fourth-order valence-corrected chi connectivity index (χ4v) is 0.803. The predicted octanol–water partition coefficient (Wildman–Crippen LogP) is -0.366. The summed E-state index contributed by atoms with van der Waals surface area (Å²) in [6.07, 6.45) is 2.65. The fourth-order valence-electron chi connectivity index (χ4n) is 0.803. The van der Waals surface area contributed by atoms with Crippen molar-refractivity contribution in [1.82, 2.24) is 9.97 Å². The number of nitrogens with zero attached hydrogens (tertiary/aromatic N) is 3. The number of carbonyl (C=O) groups excluding carboxylic acids is 1. The van der Waals surface area contributed by atoms with Crippen LogP contribution < -0.4 is 11.1 Å². The molecular weight excluding hydrogens is 182 g/mol. The molecule has 0 spiro atoms. The topological polar surface area (TPSA) is 105 Å². The molecule has 6 heteroatoms. The van der Waals surface area contributed by atoms with E-state index in [0.717, 1.165) is 0 Å². The third-order valence-electron chi connectivity index (χ3n) is 1.61. The third kappa shape index (κ3) is 2.17. The molecule has 0 fully saturated rings. The van der Waals surface area contributed by atoms with Crippen molar-refractivity contribution in [2.24, 2.45) is 5.73 Å². The second kappa shape index (κ2) is 4.18. The smallest absolute Gasteiger partial charge is 0.239 e. The molecule has 0 saturated heterocycles. The van der Waals surface area contributed by atoms with Gasteiger partial charge in [0.15, 0.2) is 0 Å². The zero-order valence-corrected chi connectivity index (χ0v) is 7.56. The van der Waals surface area contributed by atoms with Crippen molar-refractivity contribution >= 4 is 11.7 Å². The number of nitrogens with two attached hydrogens (primary N) is 1. The summed E-state index contributed by atoms with van der Waals surface area (Å²) in [6, 6.07) is 1.33. The van der Waals surface area contributed by atoms with Crippen molar-refractivity contribution in [3.05, 3.63) is 18.1 Å². The number of amides is 1. The Morgan fingerprint density at radius 2 is 2.50 bits per heavy atom. The molecule has 0 bridgehead atoms. The molecule has 72 valence electrons. The SMILES string of the molecule is CC(Nc1ncncc1C#N)C(N)=O. The van der Waals surface area contributed by atoms with Crippen molar-refractivity contribution in [2.75, 3.05) is 5.32 Å². The van der Waals surface area contributed by atoms with E-state index in [0.29, 0.717) is 5.82 Å². The highest BCUT2D eigenvalue weighted by Gasteiger charge is 2.11. The van der Waals surface area contributed by atoms with E-state index in [4.69, 9.17) is 11.0 Å². The molecule has 0 aromatic carbocycles. The van der Waals surface area contributed by atoms with Gasteiger partial charge in [-0.1, -0.05) is 0 Å². The quantitative estimate of drug-likeness (QED) is 0.678. The van der Waals surface area contributed by atoms with Crippen LogP contribution in [0, 0.1) is 11.3 Å². The standard InChI is InChI=1S/C8H9N5O/c1-5(7(10)14)13-8-6(2-9)3-11-4-12-8/h3-5H,1H3,(H2,10,14)(H,11,12,13). The zero-order valence-electron chi connectivity index (χ0n) is 7.56. The lowest BCUT2D eigenvalue weighted by Crippen LogP contribution is -2.33. The van der Waals surface area contributed by atoms with E-state index in [1.54, 1.807) is 6.92 Å². The lowest BCUT2D eigenvalue weighted by Gasteiger charge is -2.10. The Morgan fingerprint density at radius 3 is 3.07 bits per heavy atom. The van der Waals surface area contributed by atoms with Crippen molar-refractivity contribution in [3.63, 3.8) is 0 Å². The van der Waals surface area contributed by atoms with Crippen molar-refractivity contribution in [2.45, 2.75) is 13.0 Å². The van der Waals surface area contributed by atoms with Gasteiger partial charge in [-0.25, -0.2) is 9.97 Å². The summed E-state index contributed by atoms with van der Waals surface area (Å²) < 4.78 is 0. The number of nitrogens with one attached hydrogen (secondary N) is 1. The van der Waals surface area contributed by atoms with Crippen molar-refractivity contribution in [1.29, 1.82) is 5.26 Å². The molecule has 0 aliphatic heterocycles. The summed E-state index contributed by atoms with van der Waals surface area (Å²) in [5.41, 5.74) is 5.33. The number of nitriles is 1. The van der Waals surface area contributed by atoms with Gasteiger partial charge in [0.1, 0.15) is 29.8 Å². The molecule has 14 heavy (non-hydrogen) atoms. The van der Waals surface area contributed by atoms with Crippen LogP contribution in [0.5, 0.6) is 0 Å². The van der Waals surface area contributed by atoms with Gasteiger partial charge in [0.05, 0.1) is 6.20 Å². The van der Waals surface area contributed by atoms with Gasteiger partial charge in [0, 0.05) is 0 Å². The Morgan fingerprint density at radius 1 is 1.79 bits per heavy atom. The van der Waals surface area contributed by atoms with Gasteiger partial charge < -0.3 is 11.1 Å². The van der Waals surface area contributed by atoms with Crippen LogP contribution in [-0.4, -0.2) is 21.9 Å². The van der Waals surface area contributed by atoms with Gasteiger partial charge in [0.2, 0.25) is 5.91 Å². The Balaban J connectivity index is 2.87. The summed E-state index contributed by atoms with van der Waals surface area (Å²) in [4.78, 5) is 18.2. The molecule has 3 N–H and O–H groups in total. The van der Waals surface area contributed by atoms with Gasteiger partial charge in [-0.3, -0.25) is 4.79 Å². The summed E-state index contributed by atoms with van der Waals surface area (Å²) in [5, 5.41) is 11.4. The normalized spacial score (nSPS) is 11.4. The number of rotatable bonds is 3.